The zero-order chi connectivity index (χ0) is 47.9. The van der Waals surface area contributed by atoms with Crippen LogP contribution >= 0.6 is 0 Å². The zero-order valence-corrected chi connectivity index (χ0v) is 40.0. The topological polar surface area (TPSA) is 59.0 Å². The lowest BCUT2D eigenvalue weighted by molar-refractivity contribution is 0.664. The van der Waals surface area contributed by atoms with Crippen LogP contribution in [0.15, 0.2) is 212 Å². The molecule has 0 bridgehead atoms. The number of furan rings is 4. The molecule has 342 valence electrons. The predicted molar refractivity (Wildman–Crippen MR) is 299 cm³/mol. The molecule has 15 rings (SSSR count). The van der Waals surface area contributed by atoms with Crippen molar-refractivity contribution in [2.75, 3.05) is 9.80 Å². The molecule has 0 atom stereocenters. The Bertz CT molecular complexity index is 4470. The molecule has 0 unspecified atom stereocenters. The summed E-state index contributed by atoms with van der Waals surface area (Å²) in [5.74, 6) is 0. The van der Waals surface area contributed by atoms with Crippen molar-refractivity contribution in [2.45, 2.75) is 27.7 Å². The van der Waals surface area contributed by atoms with Crippen LogP contribution in [0.5, 0.6) is 0 Å². The molecule has 15 aromatic rings. The normalized spacial score (nSPS) is 12.2. The number of fused-ring (bicyclic) bond motifs is 14. The second-order valence-corrected chi connectivity index (χ2v) is 19.4. The van der Waals surface area contributed by atoms with Crippen molar-refractivity contribution in [2.24, 2.45) is 0 Å². The number of para-hydroxylation sites is 4. The fourth-order valence-corrected chi connectivity index (χ4v) is 11.7. The summed E-state index contributed by atoms with van der Waals surface area (Å²) in [6.07, 6.45) is 0. The van der Waals surface area contributed by atoms with E-state index in [9.17, 15) is 0 Å². The quantitative estimate of drug-likeness (QED) is 0.166. The molecule has 4 aromatic heterocycles. The first kappa shape index (κ1) is 40.6. The number of anilines is 6. The smallest absolute Gasteiger partial charge is 0.136 e. The average Bonchev–Trinajstić information content (AvgIpc) is 4.16. The Morgan fingerprint density at radius 1 is 0.264 bits per heavy atom. The molecule has 0 saturated heterocycles. The third kappa shape index (κ3) is 5.96. The largest absolute Gasteiger partial charge is 0.456 e. The summed E-state index contributed by atoms with van der Waals surface area (Å²) in [6, 6.07) is 69.0. The van der Waals surface area contributed by atoms with Crippen LogP contribution in [0.2, 0.25) is 0 Å². The van der Waals surface area contributed by atoms with Crippen LogP contribution in [-0.2, 0) is 0 Å². The van der Waals surface area contributed by atoms with Gasteiger partial charge in [-0.3, -0.25) is 0 Å². The van der Waals surface area contributed by atoms with Crippen LogP contribution < -0.4 is 9.80 Å². The van der Waals surface area contributed by atoms with Crippen LogP contribution in [0.3, 0.4) is 0 Å². The van der Waals surface area contributed by atoms with Gasteiger partial charge in [-0.1, -0.05) is 84.9 Å². The lowest BCUT2D eigenvalue weighted by atomic mass is 10.0. The number of hydrogen-bond donors (Lipinski definition) is 0. The maximum atomic E-state index is 6.78. The molecular formula is C66H44N2O4. The molecule has 0 amide bonds. The minimum Gasteiger partial charge on any atom is -0.456 e. The van der Waals surface area contributed by atoms with Gasteiger partial charge in [-0.2, -0.15) is 0 Å². The van der Waals surface area contributed by atoms with Gasteiger partial charge in [0.15, 0.2) is 0 Å². The fraction of sp³-hybridized carbons (Fsp3) is 0.0606. The summed E-state index contributed by atoms with van der Waals surface area (Å²) in [7, 11) is 0. The molecule has 11 aromatic carbocycles. The van der Waals surface area contributed by atoms with E-state index in [1.807, 2.05) is 24.3 Å². The molecule has 0 aliphatic carbocycles. The van der Waals surface area contributed by atoms with E-state index in [4.69, 9.17) is 17.7 Å². The Morgan fingerprint density at radius 2 is 0.653 bits per heavy atom. The van der Waals surface area contributed by atoms with Crippen molar-refractivity contribution >= 4 is 143 Å². The highest BCUT2D eigenvalue weighted by Gasteiger charge is 2.24. The molecule has 0 aliphatic heterocycles. The van der Waals surface area contributed by atoms with Gasteiger partial charge in [0, 0.05) is 77.2 Å². The van der Waals surface area contributed by atoms with Gasteiger partial charge in [0.05, 0.1) is 0 Å². The monoisotopic (exact) mass is 928 g/mol. The molecule has 72 heavy (non-hydrogen) atoms. The number of hydrogen-bond acceptors (Lipinski definition) is 6. The van der Waals surface area contributed by atoms with E-state index >= 15 is 0 Å². The highest BCUT2D eigenvalue weighted by Crippen LogP contribution is 2.47. The summed E-state index contributed by atoms with van der Waals surface area (Å²) in [6.45, 7) is 8.76. The minimum atomic E-state index is 0.829. The highest BCUT2D eigenvalue weighted by atomic mass is 16.3. The van der Waals surface area contributed by atoms with Crippen molar-refractivity contribution in [3.8, 4) is 0 Å². The number of aryl methyl sites for hydroxylation is 4. The Hall–Kier alpha value is -9.26. The summed E-state index contributed by atoms with van der Waals surface area (Å²) in [4.78, 5) is 4.75. The standard InChI is InChI=1S/C66H44N2O4/c1-37-13-5-9-17-53(37)67(55-25-27-59-65(39(55)3)47-15-7-11-19-57(47)69-59)45-23-21-41-31-49-51-35-64-52(36-63(51)71-61(49)33-43(41)29-45)50-32-42-22-24-46(30-44(42)34-62(50)72-64)68(54-18-10-6-14-38(54)2)56-26-28-60-66(40(56)4)48-16-8-12-20-58(48)70-60/h5-36H,1-4H3. The van der Waals surface area contributed by atoms with Gasteiger partial charge < -0.3 is 27.5 Å². The Kier molecular flexibility index (Phi) is 8.53. The third-order valence-corrected chi connectivity index (χ3v) is 15.2. The number of nitrogens with zero attached hydrogens (tertiary/aromatic N) is 2. The number of rotatable bonds is 6. The van der Waals surface area contributed by atoms with E-state index in [0.717, 1.165) is 155 Å². The Labute approximate surface area is 413 Å². The SMILES string of the molecule is Cc1ccccc1N(c1ccc2cc3c(cc2c1)oc1cc2c(cc13)oc1cc3cc(N(c4ccccc4C)c4ccc5oc6ccccc6c5c4C)ccc3cc12)c1ccc2oc3ccccc3c2c1C. The van der Waals surface area contributed by atoms with E-state index in [0.29, 0.717) is 0 Å². The van der Waals surface area contributed by atoms with E-state index in [1.54, 1.807) is 0 Å². The van der Waals surface area contributed by atoms with Crippen molar-refractivity contribution in [3.63, 3.8) is 0 Å². The van der Waals surface area contributed by atoms with Gasteiger partial charge in [-0.25, -0.2) is 0 Å². The summed E-state index contributed by atoms with van der Waals surface area (Å²) >= 11 is 0. The van der Waals surface area contributed by atoms with Crippen molar-refractivity contribution in [1.29, 1.82) is 0 Å². The maximum absolute atomic E-state index is 6.78. The molecule has 6 nitrogen and oxygen atoms in total. The molecule has 0 saturated carbocycles. The van der Waals surface area contributed by atoms with Gasteiger partial charge in [0.1, 0.15) is 44.7 Å². The molecule has 0 radical (unpaired) electrons. The summed E-state index contributed by atoms with van der Waals surface area (Å²) < 4.78 is 26.2. The molecule has 0 spiro atoms. The second kappa shape index (κ2) is 15.1. The molecule has 6 heteroatoms. The van der Waals surface area contributed by atoms with Gasteiger partial charge in [-0.15, -0.1) is 0 Å². The average molecular weight is 929 g/mol. The van der Waals surface area contributed by atoms with Gasteiger partial charge in [-0.05, 0) is 181 Å². The second-order valence-electron chi connectivity index (χ2n) is 19.4. The molecule has 4 heterocycles. The molecule has 0 fully saturated rings. The van der Waals surface area contributed by atoms with Crippen LogP contribution in [0.4, 0.5) is 34.1 Å². The van der Waals surface area contributed by atoms with Crippen LogP contribution in [0.25, 0.3) is 109 Å². The zero-order valence-electron chi connectivity index (χ0n) is 40.0. The van der Waals surface area contributed by atoms with Crippen LogP contribution in [0, 0.1) is 27.7 Å². The molecule has 0 N–H and O–H groups in total. The third-order valence-electron chi connectivity index (χ3n) is 15.2. The van der Waals surface area contributed by atoms with Crippen LogP contribution in [0.1, 0.15) is 22.3 Å². The molecular weight excluding hydrogens is 885 g/mol. The van der Waals surface area contributed by atoms with Gasteiger partial charge in [0.2, 0.25) is 0 Å². The fourth-order valence-electron chi connectivity index (χ4n) is 11.7. The summed E-state index contributed by atoms with van der Waals surface area (Å²) in [5.41, 5.74) is 18.2. The number of benzene rings is 11. The lowest BCUT2D eigenvalue weighted by Crippen LogP contribution is -2.12. The van der Waals surface area contributed by atoms with E-state index in [2.05, 4.69) is 207 Å². The van der Waals surface area contributed by atoms with E-state index < -0.39 is 0 Å². The first-order valence-electron chi connectivity index (χ1n) is 24.5. The van der Waals surface area contributed by atoms with Crippen LogP contribution in [-0.4, -0.2) is 0 Å². The Morgan fingerprint density at radius 3 is 1.11 bits per heavy atom. The highest BCUT2D eigenvalue weighted by molar-refractivity contribution is 6.19. The van der Waals surface area contributed by atoms with Crippen molar-refractivity contribution in [1.82, 2.24) is 0 Å². The maximum Gasteiger partial charge on any atom is 0.136 e. The minimum absolute atomic E-state index is 0.829. The predicted octanol–water partition coefficient (Wildman–Crippen LogP) is 19.8. The first-order chi connectivity index (χ1) is 35.3. The first-order valence-corrected chi connectivity index (χ1v) is 24.5. The van der Waals surface area contributed by atoms with Gasteiger partial charge in [0.25, 0.3) is 0 Å². The lowest BCUT2D eigenvalue weighted by Gasteiger charge is -2.29. The van der Waals surface area contributed by atoms with Crippen molar-refractivity contribution < 1.29 is 17.7 Å². The van der Waals surface area contributed by atoms with E-state index in [-0.39, 0.29) is 0 Å². The van der Waals surface area contributed by atoms with Gasteiger partial charge >= 0.3 is 0 Å². The molecule has 0 aliphatic rings. The van der Waals surface area contributed by atoms with Crippen molar-refractivity contribution in [3.05, 3.63) is 216 Å². The summed E-state index contributed by atoms with van der Waals surface area (Å²) in [5, 5.41) is 13.1. The van der Waals surface area contributed by atoms with E-state index in [1.165, 1.54) is 11.1 Å². The Balaban J connectivity index is 0.835.